The van der Waals surface area contributed by atoms with Crippen LogP contribution in [0.25, 0.3) is 0 Å². The first kappa shape index (κ1) is 17.5. The predicted molar refractivity (Wildman–Crippen MR) is 81.7 cm³/mol. The lowest BCUT2D eigenvalue weighted by molar-refractivity contribution is -0.124. The summed E-state index contributed by atoms with van der Waals surface area (Å²) in [6.07, 6.45) is 0.460. The van der Waals surface area contributed by atoms with Crippen LogP contribution < -0.4 is 10.1 Å². The highest BCUT2D eigenvalue weighted by Crippen LogP contribution is 2.24. The Hall–Kier alpha value is -1.59. The van der Waals surface area contributed by atoms with Crippen LogP contribution in [0.15, 0.2) is 12.1 Å². The van der Waals surface area contributed by atoms with E-state index in [-0.39, 0.29) is 25.2 Å². The number of amides is 1. The maximum absolute atomic E-state index is 11.9. The fraction of sp³-hybridized carbons (Fsp3) is 0.562. The number of benzene rings is 1. The molecule has 1 amide bonds. The number of aliphatic hydroxyl groups excluding tert-OH is 1. The number of aryl methyl sites for hydroxylation is 3. The summed E-state index contributed by atoms with van der Waals surface area (Å²) in [4.78, 5) is 11.9. The van der Waals surface area contributed by atoms with Gasteiger partial charge in [0.15, 0.2) is 6.61 Å². The Labute approximate surface area is 126 Å². The molecule has 0 aliphatic heterocycles. The van der Waals surface area contributed by atoms with E-state index in [1.54, 1.807) is 7.11 Å². The first-order valence-corrected chi connectivity index (χ1v) is 7.07. The van der Waals surface area contributed by atoms with Gasteiger partial charge in [-0.3, -0.25) is 4.79 Å². The molecule has 2 N–H and O–H groups in total. The molecule has 0 radical (unpaired) electrons. The molecular formula is C16H25NO4. The van der Waals surface area contributed by atoms with Gasteiger partial charge in [-0.25, -0.2) is 0 Å². The quantitative estimate of drug-likeness (QED) is 0.763. The Morgan fingerprint density at radius 3 is 2.43 bits per heavy atom. The summed E-state index contributed by atoms with van der Waals surface area (Å²) in [5.74, 6) is 0.533. The number of hydrogen-bond acceptors (Lipinski definition) is 4. The van der Waals surface area contributed by atoms with Gasteiger partial charge in [-0.1, -0.05) is 17.7 Å². The topological polar surface area (TPSA) is 67.8 Å². The minimum absolute atomic E-state index is 0.00530. The predicted octanol–water partition coefficient (Wildman–Crippen LogP) is 1.50. The second kappa shape index (κ2) is 8.64. The van der Waals surface area contributed by atoms with Crippen LogP contribution in [0.3, 0.4) is 0 Å². The van der Waals surface area contributed by atoms with Crippen LogP contribution in [0.2, 0.25) is 0 Å². The Kier molecular flexibility index (Phi) is 7.19. The van der Waals surface area contributed by atoms with Crippen molar-refractivity contribution >= 4 is 5.91 Å². The lowest BCUT2D eigenvalue weighted by Gasteiger charge is -2.18. The van der Waals surface area contributed by atoms with E-state index in [1.165, 1.54) is 5.56 Å². The molecule has 0 aliphatic rings. The lowest BCUT2D eigenvalue weighted by atomic mass is 10.1. The SMILES string of the molecule is COCC(CCO)NC(=O)COc1c(C)cc(C)cc1C. The second-order valence-electron chi connectivity index (χ2n) is 5.25. The fourth-order valence-corrected chi connectivity index (χ4v) is 2.36. The highest BCUT2D eigenvalue weighted by atomic mass is 16.5. The minimum Gasteiger partial charge on any atom is -0.483 e. The van der Waals surface area contributed by atoms with Crippen molar-refractivity contribution < 1.29 is 19.4 Å². The molecule has 118 valence electrons. The third kappa shape index (κ3) is 5.73. The van der Waals surface area contributed by atoms with Crippen molar-refractivity contribution in [1.29, 1.82) is 0 Å². The van der Waals surface area contributed by atoms with Crippen LogP contribution >= 0.6 is 0 Å². The molecule has 0 saturated carbocycles. The van der Waals surface area contributed by atoms with Crippen molar-refractivity contribution in [2.45, 2.75) is 33.2 Å². The van der Waals surface area contributed by atoms with Crippen LogP contribution in [0.5, 0.6) is 5.75 Å². The summed E-state index contributed by atoms with van der Waals surface area (Å²) >= 11 is 0. The van der Waals surface area contributed by atoms with Crippen molar-refractivity contribution in [1.82, 2.24) is 5.32 Å². The standard InChI is InChI=1S/C16H25NO4/c1-11-7-12(2)16(13(3)8-11)21-10-15(19)17-14(5-6-18)9-20-4/h7-8,14,18H,5-6,9-10H2,1-4H3,(H,17,19). The van der Waals surface area contributed by atoms with Crippen LogP contribution in [0, 0.1) is 20.8 Å². The lowest BCUT2D eigenvalue weighted by Crippen LogP contribution is -2.41. The number of nitrogens with one attached hydrogen (secondary N) is 1. The molecule has 1 unspecified atom stereocenters. The van der Waals surface area contributed by atoms with E-state index in [9.17, 15) is 4.79 Å². The summed E-state index contributed by atoms with van der Waals surface area (Å²) in [7, 11) is 1.56. The summed E-state index contributed by atoms with van der Waals surface area (Å²) in [6.45, 7) is 6.29. The molecule has 0 aromatic heterocycles. The Balaban J connectivity index is 2.56. The molecule has 1 aromatic carbocycles. The van der Waals surface area contributed by atoms with E-state index in [4.69, 9.17) is 14.6 Å². The maximum atomic E-state index is 11.9. The van der Waals surface area contributed by atoms with Gasteiger partial charge in [0, 0.05) is 13.7 Å². The van der Waals surface area contributed by atoms with Crippen molar-refractivity contribution in [3.05, 3.63) is 28.8 Å². The average Bonchev–Trinajstić information content (AvgIpc) is 2.37. The Morgan fingerprint density at radius 2 is 1.90 bits per heavy atom. The second-order valence-corrected chi connectivity index (χ2v) is 5.25. The molecule has 1 aromatic rings. The number of methoxy groups -OCH3 is 1. The molecule has 5 heteroatoms. The van der Waals surface area contributed by atoms with Gasteiger partial charge in [0.05, 0.1) is 12.6 Å². The number of rotatable bonds is 8. The molecule has 0 heterocycles. The molecule has 0 aliphatic carbocycles. The molecular weight excluding hydrogens is 270 g/mol. The molecule has 0 bridgehead atoms. The average molecular weight is 295 g/mol. The van der Waals surface area contributed by atoms with Gasteiger partial charge in [-0.2, -0.15) is 0 Å². The zero-order chi connectivity index (χ0) is 15.8. The number of hydrogen-bond donors (Lipinski definition) is 2. The zero-order valence-corrected chi connectivity index (χ0v) is 13.2. The first-order chi connectivity index (χ1) is 9.97. The summed E-state index contributed by atoms with van der Waals surface area (Å²) in [5.41, 5.74) is 3.21. The van der Waals surface area contributed by atoms with Crippen molar-refractivity contribution in [3.63, 3.8) is 0 Å². The maximum Gasteiger partial charge on any atom is 0.258 e. The van der Waals surface area contributed by atoms with Crippen LogP contribution in [0.4, 0.5) is 0 Å². The van der Waals surface area contributed by atoms with E-state index >= 15 is 0 Å². The van der Waals surface area contributed by atoms with Crippen LogP contribution in [0.1, 0.15) is 23.1 Å². The summed E-state index contributed by atoms with van der Waals surface area (Å²) in [6, 6.07) is 3.86. The van der Waals surface area contributed by atoms with Gasteiger partial charge in [-0.15, -0.1) is 0 Å². The summed E-state index contributed by atoms with van der Waals surface area (Å²) < 4.78 is 10.6. The van der Waals surface area contributed by atoms with Gasteiger partial charge in [0.25, 0.3) is 5.91 Å². The van der Waals surface area contributed by atoms with Gasteiger partial charge in [0.2, 0.25) is 0 Å². The molecule has 0 spiro atoms. The van der Waals surface area contributed by atoms with Crippen LogP contribution in [-0.2, 0) is 9.53 Å². The van der Waals surface area contributed by atoms with E-state index in [2.05, 4.69) is 5.32 Å². The third-order valence-electron chi connectivity index (χ3n) is 3.16. The number of ether oxygens (including phenoxy) is 2. The number of carbonyl (C=O) groups is 1. The van der Waals surface area contributed by atoms with Crippen molar-refractivity contribution in [3.8, 4) is 5.75 Å². The van der Waals surface area contributed by atoms with E-state index in [0.29, 0.717) is 13.0 Å². The van der Waals surface area contributed by atoms with Crippen molar-refractivity contribution in [2.24, 2.45) is 0 Å². The Morgan fingerprint density at radius 1 is 1.29 bits per heavy atom. The highest BCUT2D eigenvalue weighted by Gasteiger charge is 2.13. The fourth-order valence-electron chi connectivity index (χ4n) is 2.36. The van der Waals surface area contributed by atoms with Gasteiger partial charge >= 0.3 is 0 Å². The molecule has 5 nitrogen and oxygen atoms in total. The molecule has 0 saturated heterocycles. The third-order valence-corrected chi connectivity index (χ3v) is 3.16. The molecule has 0 fully saturated rings. The normalized spacial score (nSPS) is 12.0. The van der Waals surface area contributed by atoms with E-state index in [0.717, 1.165) is 16.9 Å². The van der Waals surface area contributed by atoms with Gasteiger partial charge in [-0.05, 0) is 38.3 Å². The van der Waals surface area contributed by atoms with Crippen LogP contribution in [-0.4, -0.2) is 44.0 Å². The zero-order valence-electron chi connectivity index (χ0n) is 13.2. The highest BCUT2D eigenvalue weighted by molar-refractivity contribution is 5.78. The largest absolute Gasteiger partial charge is 0.483 e. The monoisotopic (exact) mass is 295 g/mol. The summed E-state index contributed by atoms with van der Waals surface area (Å²) in [5, 5.41) is 11.7. The number of aliphatic hydroxyl groups is 1. The number of carbonyl (C=O) groups excluding carboxylic acids is 1. The van der Waals surface area contributed by atoms with Gasteiger partial charge < -0.3 is 19.9 Å². The molecule has 21 heavy (non-hydrogen) atoms. The smallest absolute Gasteiger partial charge is 0.258 e. The Bertz CT molecular complexity index is 444. The van der Waals surface area contributed by atoms with Crippen molar-refractivity contribution in [2.75, 3.05) is 26.9 Å². The van der Waals surface area contributed by atoms with E-state index in [1.807, 2.05) is 32.9 Å². The van der Waals surface area contributed by atoms with Gasteiger partial charge in [0.1, 0.15) is 5.75 Å². The van der Waals surface area contributed by atoms with E-state index < -0.39 is 0 Å². The minimum atomic E-state index is -0.218. The molecule has 1 rings (SSSR count). The first-order valence-electron chi connectivity index (χ1n) is 7.07. The molecule has 1 atom stereocenters.